The van der Waals surface area contributed by atoms with Crippen molar-refractivity contribution in [2.75, 3.05) is 0 Å². The van der Waals surface area contributed by atoms with Crippen molar-refractivity contribution < 1.29 is 23.8 Å². The molecule has 5 heteroatoms. The zero-order valence-corrected chi connectivity index (χ0v) is 17.1. The van der Waals surface area contributed by atoms with E-state index in [0.29, 0.717) is 28.4 Å². The minimum absolute atomic E-state index is 0.294. The zero-order valence-electron chi connectivity index (χ0n) is 17.1. The Balaban J connectivity index is 2.32. The van der Waals surface area contributed by atoms with Crippen LogP contribution in [0.2, 0.25) is 0 Å². The molecule has 2 rings (SSSR count). The van der Waals surface area contributed by atoms with E-state index in [1.54, 1.807) is 44.4 Å². The predicted molar refractivity (Wildman–Crippen MR) is 113 cm³/mol. The average Bonchev–Trinajstić information content (AvgIpc) is 2.67. The van der Waals surface area contributed by atoms with Crippen LogP contribution in [0.5, 0.6) is 17.2 Å². The molecule has 0 spiro atoms. The van der Waals surface area contributed by atoms with Crippen LogP contribution in [0.25, 0.3) is 11.1 Å². The van der Waals surface area contributed by atoms with E-state index in [0.717, 1.165) is 16.7 Å². The van der Waals surface area contributed by atoms with Crippen LogP contribution in [0.4, 0.5) is 0 Å². The first-order valence-corrected chi connectivity index (χ1v) is 8.97. The number of allylic oxidation sites excluding steroid dienone is 1. The molecule has 0 saturated heterocycles. The molecule has 5 nitrogen and oxygen atoms in total. The van der Waals surface area contributed by atoms with E-state index >= 15 is 0 Å². The summed E-state index contributed by atoms with van der Waals surface area (Å²) in [5.41, 5.74) is 3.29. The second kappa shape index (κ2) is 9.55. The van der Waals surface area contributed by atoms with Gasteiger partial charge in [-0.05, 0) is 68.7 Å². The molecule has 0 amide bonds. The van der Waals surface area contributed by atoms with Gasteiger partial charge in [0.1, 0.15) is 5.75 Å². The maximum atomic E-state index is 11.9. The third-order valence-corrected chi connectivity index (χ3v) is 3.66. The molecule has 0 N–H and O–H groups in total. The van der Waals surface area contributed by atoms with E-state index in [-0.39, 0.29) is 0 Å². The molecule has 0 fully saturated rings. The molecule has 0 aliphatic heterocycles. The Bertz CT molecular complexity index is 977. The van der Waals surface area contributed by atoms with Crippen LogP contribution < -0.4 is 14.2 Å². The van der Waals surface area contributed by atoms with Crippen LogP contribution in [0, 0.1) is 0 Å². The van der Waals surface area contributed by atoms with Gasteiger partial charge in [-0.25, -0.2) is 9.59 Å². The monoisotopic (exact) mass is 392 g/mol. The highest BCUT2D eigenvalue weighted by atomic mass is 16.6. The third kappa shape index (κ3) is 6.21. The van der Waals surface area contributed by atoms with Crippen molar-refractivity contribution >= 4 is 11.9 Å². The minimum Gasteiger partial charge on any atom is -0.461 e. The number of hydrogen-bond acceptors (Lipinski definition) is 5. The molecule has 0 saturated carbocycles. The SMILES string of the molecule is C=C(C)C(=O)Oc1ccc(-c2ccc(OC(=O)C(=C)C)c(OC=C(C)C)c2)cc1. The number of ether oxygens (including phenoxy) is 3. The normalized spacial score (nSPS) is 9.93. The summed E-state index contributed by atoms with van der Waals surface area (Å²) in [7, 11) is 0. The Morgan fingerprint density at radius 2 is 1.31 bits per heavy atom. The molecule has 0 aromatic heterocycles. The average molecular weight is 392 g/mol. The van der Waals surface area contributed by atoms with Crippen LogP contribution in [0.1, 0.15) is 27.7 Å². The highest BCUT2D eigenvalue weighted by Crippen LogP contribution is 2.34. The van der Waals surface area contributed by atoms with Crippen molar-refractivity contribution in [2.24, 2.45) is 0 Å². The lowest BCUT2D eigenvalue weighted by atomic mass is 10.0. The van der Waals surface area contributed by atoms with Gasteiger partial charge < -0.3 is 14.2 Å². The quantitative estimate of drug-likeness (QED) is 0.265. The number of esters is 2. The van der Waals surface area contributed by atoms with Crippen LogP contribution in [-0.2, 0) is 9.59 Å². The Morgan fingerprint density at radius 3 is 1.86 bits per heavy atom. The molecule has 2 aromatic carbocycles. The zero-order chi connectivity index (χ0) is 21.6. The lowest BCUT2D eigenvalue weighted by Crippen LogP contribution is -2.09. The highest BCUT2D eigenvalue weighted by molar-refractivity contribution is 5.89. The maximum absolute atomic E-state index is 11.9. The molecule has 0 atom stereocenters. The summed E-state index contributed by atoms with van der Waals surface area (Å²) in [6.07, 6.45) is 1.58. The lowest BCUT2D eigenvalue weighted by molar-refractivity contribution is -0.131. The second-order valence-electron chi connectivity index (χ2n) is 6.84. The largest absolute Gasteiger partial charge is 0.461 e. The van der Waals surface area contributed by atoms with Crippen molar-refractivity contribution in [3.8, 4) is 28.4 Å². The molecule has 0 bridgehead atoms. The summed E-state index contributed by atoms with van der Waals surface area (Å²) in [4.78, 5) is 23.5. The van der Waals surface area contributed by atoms with E-state index in [2.05, 4.69) is 13.2 Å². The van der Waals surface area contributed by atoms with E-state index in [9.17, 15) is 9.59 Å². The van der Waals surface area contributed by atoms with E-state index in [1.807, 2.05) is 32.0 Å². The molecule has 2 aromatic rings. The number of hydrogen-bond donors (Lipinski definition) is 0. The summed E-state index contributed by atoms with van der Waals surface area (Å²) in [6, 6.07) is 12.3. The van der Waals surface area contributed by atoms with E-state index < -0.39 is 11.9 Å². The van der Waals surface area contributed by atoms with Gasteiger partial charge in [0.15, 0.2) is 11.5 Å². The molecule has 0 heterocycles. The van der Waals surface area contributed by atoms with Crippen LogP contribution in [-0.4, -0.2) is 11.9 Å². The van der Waals surface area contributed by atoms with Gasteiger partial charge in [-0.15, -0.1) is 0 Å². The van der Waals surface area contributed by atoms with Gasteiger partial charge in [0.05, 0.1) is 6.26 Å². The van der Waals surface area contributed by atoms with Crippen molar-refractivity contribution in [3.63, 3.8) is 0 Å². The minimum atomic E-state index is -0.525. The van der Waals surface area contributed by atoms with Gasteiger partial charge in [0.25, 0.3) is 0 Å². The smallest absolute Gasteiger partial charge is 0.338 e. The molecular formula is C24H24O5. The van der Waals surface area contributed by atoms with Crippen molar-refractivity contribution in [1.82, 2.24) is 0 Å². The Labute approximate surface area is 170 Å². The molecule has 0 unspecified atom stereocenters. The molecule has 0 aliphatic rings. The van der Waals surface area contributed by atoms with E-state index in [1.165, 1.54) is 0 Å². The van der Waals surface area contributed by atoms with E-state index in [4.69, 9.17) is 14.2 Å². The van der Waals surface area contributed by atoms with Gasteiger partial charge in [-0.1, -0.05) is 31.4 Å². The van der Waals surface area contributed by atoms with Crippen molar-refractivity contribution in [1.29, 1.82) is 0 Å². The van der Waals surface area contributed by atoms with Crippen LogP contribution in [0.15, 0.2) is 78.6 Å². The van der Waals surface area contributed by atoms with Gasteiger partial charge >= 0.3 is 11.9 Å². The molecule has 0 aliphatic carbocycles. The van der Waals surface area contributed by atoms with Gasteiger partial charge in [0.2, 0.25) is 0 Å². The molecule has 29 heavy (non-hydrogen) atoms. The molecule has 0 radical (unpaired) electrons. The summed E-state index contributed by atoms with van der Waals surface area (Å²) in [5.74, 6) is 0.124. The summed E-state index contributed by atoms with van der Waals surface area (Å²) < 4.78 is 16.3. The van der Waals surface area contributed by atoms with Crippen LogP contribution in [0.3, 0.4) is 0 Å². The fourth-order valence-corrected chi connectivity index (χ4v) is 2.14. The maximum Gasteiger partial charge on any atom is 0.338 e. The highest BCUT2D eigenvalue weighted by Gasteiger charge is 2.13. The summed E-state index contributed by atoms with van der Waals surface area (Å²) >= 11 is 0. The van der Waals surface area contributed by atoms with Gasteiger partial charge in [0, 0.05) is 11.1 Å². The summed E-state index contributed by atoms with van der Waals surface area (Å²) in [6.45, 7) is 14.1. The van der Waals surface area contributed by atoms with Crippen LogP contribution >= 0.6 is 0 Å². The van der Waals surface area contributed by atoms with Crippen molar-refractivity contribution in [3.05, 3.63) is 78.6 Å². The molecular weight excluding hydrogens is 368 g/mol. The van der Waals surface area contributed by atoms with Gasteiger partial charge in [-0.3, -0.25) is 0 Å². The number of rotatable bonds is 7. The fraction of sp³-hybridized carbons (Fsp3) is 0.167. The Kier molecular flexibility index (Phi) is 7.15. The predicted octanol–water partition coefficient (Wildman–Crippen LogP) is 5.62. The second-order valence-corrected chi connectivity index (χ2v) is 6.84. The Hall–Kier alpha value is -3.60. The Morgan fingerprint density at radius 1 is 0.759 bits per heavy atom. The first-order valence-electron chi connectivity index (χ1n) is 8.97. The summed E-state index contributed by atoms with van der Waals surface area (Å²) in [5, 5.41) is 0. The standard InChI is InChI=1S/C24H24O5/c1-15(2)14-27-22-13-19(9-12-21(22)29-24(26)17(5)6)18-7-10-20(11-8-18)28-23(25)16(3)4/h7-14H,3,5H2,1-2,4,6H3. The first-order chi connectivity index (χ1) is 13.7. The number of benzene rings is 2. The topological polar surface area (TPSA) is 61.8 Å². The third-order valence-electron chi connectivity index (χ3n) is 3.66. The number of carbonyl (C=O) groups excluding carboxylic acids is 2. The number of carbonyl (C=O) groups is 2. The molecule has 150 valence electrons. The van der Waals surface area contributed by atoms with Crippen molar-refractivity contribution in [2.45, 2.75) is 27.7 Å². The first kappa shape index (κ1) is 21.7. The lowest BCUT2D eigenvalue weighted by Gasteiger charge is -2.12. The van der Waals surface area contributed by atoms with Gasteiger partial charge in [-0.2, -0.15) is 0 Å². The fourth-order valence-electron chi connectivity index (χ4n) is 2.14.